The lowest BCUT2D eigenvalue weighted by molar-refractivity contribution is -0.137. The summed E-state index contributed by atoms with van der Waals surface area (Å²) in [5.74, 6) is 0.173. The van der Waals surface area contributed by atoms with Gasteiger partial charge in [0.1, 0.15) is 11.9 Å². The quantitative estimate of drug-likeness (QED) is 0.243. The number of para-hydroxylation sites is 1. The van der Waals surface area contributed by atoms with Crippen molar-refractivity contribution >= 4 is 35.0 Å². The highest BCUT2D eigenvalue weighted by Gasteiger charge is 2.32. The number of Topliss-reactive ketones (excluding diaryl/α,β-unsaturated/α-hetero) is 1. The van der Waals surface area contributed by atoms with E-state index in [9.17, 15) is 14.7 Å². The van der Waals surface area contributed by atoms with Gasteiger partial charge in [-0.15, -0.1) is 11.3 Å². The van der Waals surface area contributed by atoms with Gasteiger partial charge in [-0.2, -0.15) is 0 Å². The van der Waals surface area contributed by atoms with Crippen molar-refractivity contribution in [1.29, 1.82) is 0 Å². The lowest BCUT2D eigenvalue weighted by atomic mass is 9.91. The minimum absolute atomic E-state index is 0.00232. The molecule has 2 atom stereocenters. The van der Waals surface area contributed by atoms with E-state index in [0.29, 0.717) is 0 Å². The number of ether oxygens (including phenoxy) is 1. The molecular weight excluding hydrogens is 490 g/mol. The second-order valence-electron chi connectivity index (χ2n) is 9.69. The van der Waals surface area contributed by atoms with Gasteiger partial charge in [0.2, 0.25) is 0 Å². The van der Waals surface area contributed by atoms with E-state index in [1.165, 1.54) is 22.5 Å². The summed E-state index contributed by atoms with van der Waals surface area (Å²) < 4.78 is 8.60. The highest BCUT2D eigenvalue weighted by atomic mass is 32.2. The van der Waals surface area contributed by atoms with Gasteiger partial charge in [0.25, 0.3) is 0 Å². The van der Waals surface area contributed by atoms with E-state index in [-0.39, 0.29) is 30.1 Å². The van der Waals surface area contributed by atoms with Crippen LogP contribution in [-0.4, -0.2) is 33.8 Å². The third kappa shape index (κ3) is 5.69. The first-order chi connectivity index (χ1) is 17.4. The smallest absolute Gasteiger partial charge is 0.304 e. The van der Waals surface area contributed by atoms with E-state index in [0.717, 1.165) is 58.3 Å². The molecule has 0 amide bonds. The van der Waals surface area contributed by atoms with Gasteiger partial charge in [-0.25, -0.2) is 4.31 Å². The fourth-order valence-electron chi connectivity index (χ4n) is 4.60. The Morgan fingerprint density at radius 1 is 1.14 bits per heavy atom. The third-order valence-corrected chi connectivity index (χ3v) is 9.18. The zero-order chi connectivity index (χ0) is 25.2. The van der Waals surface area contributed by atoms with E-state index in [1.807, 2.05) is 36.4 Å². The van der Waals surface area contributed by atoms with Gasteiger partial charge in [0, 0.05) is 29.8 Å². The second kappa shape index (κ2) is 10.8. The zero-order valence-corrected chi connectivity index (χ0v) is 22.2. The Kier molecular flexibility index (Phi) is 7.51. The van der Waals surface area contributed by atoms with Crippen molar-refractivity contribution in [3.63, 3.8) is 0 Å². The summed E-state index contributed by atoms with van der Waals surface area (Å²) in [6, 6.07) is 18.3. The van der Waals surface area contributed by atoms with Crippen LogP contribution in [0.15, 0.2) is 59.5 Å². The van der Waals surface area contributed by atoms with E-state index in [2.05, 4.69) is 36.4 Å². The lowest BCUT2D eigenvalue weighted by Gasteiger charge is -2.24. The van der Waals surface area contributed by atoms with Crippen molar-refractivity contribution in [2.75, 3.05) is 6.54 Å². The van der Waals surface area contributed by atoms with Crippen LogP contribution < -0.4 is 4.74 Å². The average Bonchev–Trinajstić information content (AvgIpc) is 3.63. The molecule has 1 fully saturated rings. The molecule has 0 radical (unpaired) electrons. The number of rotatable bonds is 9. The predicted molar refractivity (Wildman–Crippen MR) is 144 cm³/mol. The Hall–Kier alpha value is -2.61. The molecular formula is C29H31NO4S2. The maximum atomic E-state index is 12.6. The maximum Gasteiger partial charge on any atom is 0.304 e. The molecule has 2 aliphatic rings. The number of fused-ring (bicyclic) bond motifs is 1. The number of thiophene rings is 1. The van der Waals surface area contributed by atoms with Crippen LogP contribution in [-0.2, 0) is 11.3 Å². The third-order valence-electron chi connectivity index (χ3n) is 6.90. The Balaban J connectivity index is 1.42. The fourth-order valence-corrected chi connectivity index (χ4v) is 6.82. The summed E-state index contributed by atoms with van der Waals surface area (Å²) in [7, 11) is 0. The fraction of sp³-hybridized carbons (Fsp3) is 0.379. The van der Waals surface area contributed by atoms with E-state index < -0.39 is 5.97 Å². The number of aliphatic carboxylic acids is 1. The summed E-state index contributed by atoms with van der Waals surface area (Å²) in [5, 5.41) is 9.70. The molecule has 188 valence electrons. The molecule has 0 spiro atoms. The SMILES string of the molecule is CC[C@@H]1CN(Cc2cc(C(CC(=O)O)c3ccc(C(=O)C4CC4)s3)ccc2C)Sc2ccccc2O1. The van der Waals surface area contributed by atoms with Crippen LogP contribution >= 0.6 is 23.3 Å². The molecule has 2 aromatic carbocycles. The van der Waals surface area contributed by atoms with E-state index in [1.54, 1.807) is 11.9 Å². The molecule has 0 bridgehead atoms. The highest BCUT2D eigenvalue weighted by Crippen LogP contribution is 2.40. The monoisotopic (exact) mass is 521 g/mol. The predicted octanol–water partition coefficient (Wildman–Crippen LogP) is 6.94. The molecule has 36 heavy (non-hydrogen) atoms. The van der Waals surface area contributed by atoms with Crippen LogP contribution in [0.2, 0.25) is 0 Å². The number of carbonyl (C=O) groups excluding carboxylic acids is 1. The standard InChI is InChI=1S/C29H31NO4S2/c1-3-22-17-30(36-26-7-5-4-6-24(26)34-22)16-21-14-20(9-8-18(21)2)23(15-28(31)32)25-12-13-27(35-25)29(33)19-10-11-19/h4-9,12-14,19,22-23H,3,10-11,15-17H2,1-2H3,(H,31,32)/t22-,23?/m1/s1. The number of carboxylic acids is 1. The second-order valence-corrected chi connectivity index (χ2v) is 11.9. The van der Waals surface area contributed by atoms with Crippen LogP contribution in [0.4, 0.5) is 0 Å². The van der Waals surface area contributed by atoms with E-state index >= 15 is 0 Å². The molecule has 1 aromatic heterocycles. The molecule has 3 aromatic rings. The first-order valence-electron chi connectivity index (χ1n) is 12.5. The maximum absolute atomic E-state index is 12.6. The average molecular weight is 522 g/mol. The van der Waals surface area contributed by atoms with Crippen LogP contribution in [0.1, 0.15) is 69.8 Å². The number of ketones is 1. The number of nitrogens with zero attached hydrogens (tertiary/aromatic N) is 1. The molecule has 2 heterocycles. The molecule has 1 N–H and O–H groups in total. The summed E-state index contributed by atoms with van der Waals surface area (Å²) in [4.78, 5) is 27.2. The van der Waals surface area contributed by atoms with Crippen molar-refractivity contribution in [2.45, 2.75) is 63.0 Å². The molecule has 5 rings (SSSR count). The number of benzene rings is 2. The Morgan fingerprint density at radius 3 is 2.69 bits per heavy atom. The molecule has 5 nitrogen and oxygen atoms in total. The largest absolute Gasteiger partial charge is 0.488 e. The summed E-state index contributed by atoms with van der Waals surface area (Å²) >= 11 is 3.17. The van der Waals surface area contributed by atoms with Gasteiger partial charge in [0.15, 0.2) is 5.78 Å². The zero-order valence-electron chi connectivity index (χ0n) is 20.6. The van der Waals surface area contributed by atoms with Gasteiger partial charge < -0.3 is 9.84 Å². The first-order valence-corrected chi connectivity index (χ1v) is 14.1. The summed E-state index contributed by atoms with van der Waals surface area (Å²) in [6.45, 7) is 5.78. The van der Waals surface area contributed by atoms with Crippen LogP contribution in [0.5, 0.6) is 5.75 Å². The summed E-state index contributed by atoms with van der Waals surface area (Å²) in [5.41, 5.74) is 3.33. The Morgan fingerprint density at radius 2 is 1.94 bits per heavy atom. The molecule has 1 aliphatic heterocycles. The first kappa shape index (κ1) is 25.1. The normalized spacial score (nSPS) is 18.7. The van der Waals surface area contributed by atoms with Crippen LogP contribution in [0.25, 0.3) is 0 Å². The van der Waals surface area contributed by atoms with Crippen molar-refractivity contribution in [1.82, 2.24) is 4.31 Å². The van der Waals surface area contributed by atoms with Gasteiger partial charge in [-0.1, -0.05) is 37.3 Å². The molecule has 0 saturated heterocycles. The van der Waals surface area contributed by atoms with Crippen LogP contribution in [0.3, 0.4) is 0 Å². The minimum atomic E-state index is -0.840. The Bertz CT molecular complexity index is 1270. The number of carbonyl (C=O) groups is 2. The molecule has 7 heteroatoms. The highest BCUT2D eigenvalue weighted by molar-refractivity contribution is 7.97. The van der Waals surface area contributed by atoms with Crippen molar-refractivity contribution in [2.24, 2.45) is 5.92 Å². The topological polar surface area (TPSA) is 66.8 Å². The van der Waals surface area contributed by atoms with Gasteiger partial charge in [-0.05, 0) is 79.1 Å². The van der Waals surface area contributed by atoms with Crippen LogP contribution in [0, 0.1) is 12.8 Å². The number of hydrogen-bond donors (Lipinski definition) is 1. The van der Waals surface area contributed by atoms with Gasteiger partial charge in [0.05, 0.1) is 16.2 Å². The molecule has 1 unspecified atom stereocenters. The van der Waals surface area contributed by atoms with Crippen molar-refractivity contribution in [3.05, 3.63) is 81.0 Å². The number of aryl methyl sites for hydroxylation is 1. The Labute approximate surface area is 220 Å². The number of carboxylic acid groups (broad SMARTS) is 1. The minimum Gasteiger partial charge on any atom is -0.488 e. The van der Waals surface area contributed by atoms with E-state index in [4.69, 9.17) is 4.74 Å². The number of hydrogen-bond acceptors (Lipinski definition) is 6. The lowest BCUT2D eigenvalue weighted by Crippen LogP contribution is -2.29. The van der Waals surface area contributed by atoms with Crippen molar-refractivity contribution in [3.8, 4) is 5.75 Å². The molecule has 1 aliphatic carbocycles. The van der Waals surface area contributed by atoms with Gasteiger partial charge >= 0.3 is 5.97 Å². The van der Waals surface area contributed by atoms with Crippen molar-refractivity contribution < 1.29 is 19.4 Å². The summed E-state index contributed by atoms with van der Waals surface area (Å²) in [6.07, 6.45) is 2.96. The van der Waals surface area contributed by atoms with Gasteiger partial charge in [-0.3, -0.25) is 9.59 Å². The molecule has 1 saturated carbocycles.